The van der Waals surface area contributed by atoms with Crippen LogP contribution in [0.15, 0.2) is 77.3 Å². The van der Waals surface area contributed by atoms with E-state index in [1.807, 2.05) is 88.4 Å². The summed E-state index contributed by atoms with van der Waals surface area (Å²) in [5.41, 5.74) is 4.04. The Hall–Kier alpha value is -3.17. The van der Waals surface area contributed by atoms with E-state index in [1.54, 1.807) is 12.1 Å². The Morgan fingerprint density at radius 3 is 2.15 bits per heavy atom. The van der Waals surface area contributed by atoms with Gasteiger partial charge in [0.05, 0.1) is 11.9 Å². The van der Waals surface area contributed by atoms with Gasteiger partial charge in [-0.15, -0.1) is 0 Å². The van der Waals surface area contributed by atoms with Gasteiger partial charge in [0.15, 0.2) is 0 Å². The van der Waals surface area contributed by atoms with Crippen molar-refractivity contribution in [2.75, 3.05) is 17.1 Å². The molecule has 7 nitrogen and oxygen atoms in total. The normalized spacial score (nSPS) is 12.2. The number of anilines is 1. The number of amides is 2. The van der Waals surface area contributed by atoms with Crippen LogP contribution in [0.4, 0.5) is 5.69 Å². The topological polar surface area (TPSA) is 86.8 Å². The van der Waals surface area contributed by atoms with E-state index >= 15 is 0 Å². The van der Waals surface area contributed by atoms with Gasteiger partial charge in [-0.3, -0.25) is 13.9 Å². The van der Waals surface area contributed by atoms with Crippen LogP contribution >= 0.6 is 15.9 Å². The summed E-state index contributed by atoms with van der Waals surface area (Å²) in [6.45, 7) is 7.26. The van der Waals surface area contributed by atoms with Gasteiger partial charge in [0.1, 0.15) is 12.6 Å². The molecule has 3 rings (SSSR count). The van der Waals surface area contributed by atoms with Gasteiger partial charge in [0.25, 0.3) is 0 Å². The molecule has 0 aliphatic carbocycles. The summed E-state index contributed by atoms with van der Waals surface area (Å²) in [5.74, 6) is -0.771. The van der Waals surface area contributed by atoms with Crippen LogP contribution in [0.2, 0.25) is 0 Å². The van der Waals surface area contributed by atoms with Crippen LogP contribution < -0.4 is 9.62 Å². The molecule has 0 aliphatic rings. The Morgan fingerprint density at radius 2 is 1.56 bits per heavy atom. The van der Waals surface area contributed by atoms with Crippen molar-refractivity contribution in [2.45, 2.75) is 52.7 Å². The Kier molecular flexibility index (Phi) is 10.3. The highest BCUT2D eigenvalue weighted by molar-refractivity contribution is 9.10. The maximum atomic E-state index is 14.1. The van der Waals surface area contributed by atoms with Crippen molar-refractivity contribution in [1.82, 2.24) is 10.2 Å². The molecule has 0 saturated carbocycles. The van der Waals surface area contributed by atoms with Crippen molar-refractivity contribution >= 4 is 43.5 Å². The lowest BCUT2D eigenvalue weighted by atomic mass is 10.0. The van der Waals surface area contributed by atoms with Crippen LogP contribution in [0.1, 0.15) is 36.1 Å². The zero-order valence-corrected chi connectivity index (χ0v) is 25.4. The smallest absolute Gasteiger partial charge is 0.244 e. The second-order valence-corrected chi connectivity index (χ2v) is 12.9. The third kappa shape index (κ3) is 8.66. The first-order valence-electron chi connectivity index (χ1n) is 12.8. The predicted molar refractivity (Wildman–Crippen MR) is 160 cm³/mol. The minimum Gasteiger partial charge on any atom is -0.352 e. The van der Waals surface area contributed by atoms with E-state index in [0.717, 1.165) is 37.3 Å². The fraction of sp³-hybridized carbons (Fsp3) is 0.333. The number of rotatable bonds is 11. The lowest BCUT2D eigenvalue weighted by molar-refractivity contribution is -0.140. The molecular weight excluding hydrogens is 578 g/mol. The molecule has 9 heteroatoms. The monoisotopic (exact) mass is 613 g/mol. The highest BCUT2D eigenvalue weighted by atomic mass is 79.9. The Labute approximate surface area is 240 Å². The van der Waals surface area contributed by atoms with Crippen molar-refractivity contribution in [3.8, 4) is 0 Å². The van der Waals surface area contributed by atoms with Crippen molar-refractivity contribution in [3.05, 3.63) is 99.5 Å². The van der Waals surface area contributed by atoms with E-state index in [9.17, 15) is 18.0 Å². The minimum atomic E-state index is -3.80. The van der Waals surface area contributed by atoms with Crippen molar-refractivity contribution < 1.29 is 18.0 Å². The highest BCUT2D eigenvalue weighted by Crippen LogP contribution is 2.23. The highest BCUT2D eigenvalue weighted by Gasteiger charge is 2.33. The standard InChI is InChI=1S/C30H36BrN3O4S/c1-21(2)32-30(36)28(18-24-10-7-6-8-11-24)33(19-25-12-9-13-26(31)17-25)29(35)20-34(39(5,37)38)27-15-14-22(3)23(4)16-27/h6-17,21,28H,18-20H2,1-5H3,(H,32,36)/t28-/m0/s1. The number of benzene rings is 3. The van der Waals surface area contributed by atoms with E-state index in [-0.39, 0.29) is 24.9 Å². The Balaban J connectivity index is 2.07. The minimum absolute atomic E-state index is 0.131. The first kappa shape index (κ1) is 30.4. The number of carbonyl (C=O) groups is 2. The molecule has 1 N–H and O–H groups in total. The molecule has 39 heavy (non-hydrogen) atoms. The lowest BCUT2D eigenvalue weighted by Crippen LogP contribution is -2.54. The second-order valence-electron chi connectivity index (χ2n) is 10.1. The number of sulfonamides is 1. The summed E-state index contributed by atoms with van der Waals surface area (Å²) in [4.78, 5) is 29.1. The van der Waals surface area contributed by atoms with Crippen molar-refractivity contribution in [2.24, 2.45) is 0 Å². The van der Waals surface area contributed by atoms with Gasteiger partial charge < -0.3 is 10.2 Å². The lowest BCUT2D eigenvalue weighted by Gasteiger charge is -2.34. The molecule has 0 radical (unpaired) electrons. The summed E-state index contributed by atoms with van der Waals surface area (Å²) in [6, 6.07) is 21.3. The van der Waals surface area contributed by atoms with Crippen LogP contribution in [-0.4, -0.2) is 50.0 Å². The summed E-state index contributed by atoms with van der Waals surface area (Å²) >= 11 is 3.48. The summed E-state index contributed by atoms with van der Waals surface area (Å²) in [7, 11) is -3.80. The number of carbonyl (C=O) groups excluding carboxylic acids is 2. The number of aryl methyl sites for hydroxylation is 2. The molecular formula is C30H36BrN3O4S. The maximum absolute atomic E-state index is 14.1. The number of hydrogen-bond donors (Lipinski definition) is 1. The zero-order valence-electron chi connectivity index (χ0n) is 23.0. The number of halogens is 1. The average molecular weight is 615 g/mol. The maximum Gasteiger partial charge on any atom is 0.244 e. The summed E-state index contributed by atoms with van der Waals surface area (Å²) in [6.07, 6.45) is 1.36. The summed E-state index contributed by atoms with van der Waals surface area (Å²) < 4.78 is 27.7. The molecule has 208 valence electrons. The molecule has 3 aromatic carbocycles. The number of hydrogen-bond acceptors (Lipinski definition) is 4. The van der Waals surface area contributed by atoms with Gasteiger partial charge in [-0.05, 0) is 74.2 Å². The fourth-order valence-electron chi connectivity index (χ4n) is 4.26. The largest absolute Gasteiger partial charge is 0.352 e. The van der Waals surface area contributed by atoms with Crippen LogP contribution in [0.25, 0.3) is 0 Å². The van der Waals surface area contributed by atoms with Crippen LogP contribution in [0.5, 0.6) is 0 Å². The predicted octanol–water partition coefficient (Wildman–Crippen LogP) is 5.00. The fourth-order valence-corrected chi connectivity index (χ4v) is 5.55. The molecule has 3 aromatic rings. The van der Waals surface area contributed by atoms with Gasteiger partial charge in [-0.1, -0.05) is 64.5 Å². The molecule has 0 unspecified atom stereocenters. The molecule has 1 atom stereocenters. The summed E-state index contributed by atoms with van der Waals surface area (Å²) in [5, 5.41) is 2.95. The van der Waals surface area contributed by atoms with Gasteiger partial charge in [-0.25, -0.2) is 8.42 Å². The van der Waals surface area contributed by atoms with Crippen LogP contribution in [0.3, 0.4) is 0 Å². The second kappa shape index (κ2) is 13.3. The molecule has 2 amide bonds. The van der Waals surface area contributed by atoms with E-state index in [0.29, 0.717) is 5.69 Å². The third-order valence-electron chi connectivity index (χ3n) is 6.40. The number of nitrogens with zero attached hydrogens (tertiary/aromatic N) is 2. The number of nitrogens with one attached hydrogen (secondary N) is 1. The van der Waals surface area contributed by atoms with Crippen LogP contribution in [0, 0.1) is 13.8 Å². The van der Waals surface area contributed by atoms with E-state index in [4.69, 9.17) is 0 Å². The molecule has 0 aromatic heterocycles. The SMILES string of the molecule is Cc1ccc(N(CC(=O)N(Cc2cccc(Br)c2)[C@@H](Cc2ccccc2)C(=O)NC(C)C)S(C)(=O)=O)cc1C. The van der Waals surface area contributed by atoms with Crippen molar-refractivity contribution in [1.29, 1.82) is 0 Å². The van der Waals surface area contributed by atoms with Gasteiger partial charge >= 0.3 is 0 Å². The quantitative estimate of drug-likeness (QED) is 0.330. The Bertz CT molecular complexity index is 1410. The first-order chi connectivity index (χ1) is 18.3. The molecule has 0 bridgehead atoms. The first-order valence-corrected chi connectivity index (χ1v) is 15.4. The van der Waals surface area contributed by atoms with Gasteiger partial charge in [-0.2, -0.15) is 0 Å². The average Bonchev–Trinajstić information content (AvgIpc) is 2.86. The van der Waals surface area contributed by atoms with Gasteiger partial charge in [0, 0.05) is 23.5 Å². The Morgan fingerprint density at radius 1 is 0.897 bits per heavy atom. The van der Waals surface area contributed by atoms with E-state index in [2.05, 4.69) is 21.2 Å². The van der Waals surface area contributed by atoms with Crippen molar-refractivity contribution in [3.63, 3.8) is 0 Å². The third-order valence-corrected chi connectivity index (χ3v) is 8.04. The zero-order chi connectivity index (χ0) is 28.7. The van der Waals surface area contributed by atoms with E-state index < -0.39 is 28.5 Å². The molecule has 0 fully saturated rings. The molecule has 0 heterocycles. The van der Waals surface area contributed by atoms with E-state index in [1.165, 1.54) is 4.90 Å². The molecule has 0 spiro atoms. The van der Waals surface area contributed by atoms with Crippen LogP contribution in [-0.2, 0) is 32.6 Å². The molecule has 0 saturated heterocycles. The van der Waals surface area contributed by atoms with Gasteiger partial charge in [0.2, 0.25) is 21.8 Å². The molecule has 0 aliphatic heterocycles.